The molecule has 1 aromatic heterocycles. The number of fused-ring (bicyclic) bond motifs is 1. The van der Waals surface area contributed by atoms with Gasteiger partial charge in [-0.2, -0.15) is 0 Å². The molecule has 3 aromatic rings. The summed E-state index contributed by atoms with van der Waals surface area (Å²) in [6.45, 7) is 5.21. The van der Waals surface area contributed by atoms with Crippen LogP contribution in [-0.2, 0) is 0 Å². The minimum atomic E-state index is -0.210. The lowest BCUT2D eigenvalue weighted by molar-refractivity contribution is 0.0924. The zero-order valence-corrected chi connectivity index (χ0v) is 16.5. The molecular weight excluding hydrogens is 366 g/mol. The van der Waals surface area contributed by atoms with E-state index in [0.717, 1.165) is 16.9 Å². The first kappa shape index (κ1) is 18.9. The van der Waals surface area contributed by atoms with Gasteiger partial charge in [0.2, 0.25) is 0 Å². The quantitative estimate of drug-likeness (QED) is 0.713. The zero-order chi connectivity index (χ0) is 20.2. The Morgan fingerprint density at radius 3 is 2.34 bits per heavy atom. The summed E-state index contributed by atoms with van der Waals surface area (Å²) in [4.78, 5) is 21.5. The molecule has 1 atom stereocenters. The van der Waals surface area contributed by atoms with E-state index in [-0.39, 0.29) is 17.9 Å². The molecule has 0 saturated heterocycles. The van der Waals surface area contributed by atoms with Crippen LogP contribution in [0.15, 0.2) is 60.9 Å². The summed E-state index contributed by atoms with van der Waals surface area (Å²) in [5.41, 5.74) is 2.31. The van der Waals surface area contributed by atoms with Crippen LogP contribution in [0.5, 0.6) is 11.5 Å². The van der Waals surface area contributed by atoms with Crippen LogP contribution < -0.4 is 14.8 Å². The fourth-order valence-corrected chi connectivity index (χ4v) is 3.29. The first-order valence-corrected chi connectivity index (χ1v) is 9.69. The second kappa shape index (κ2) is 8.31. The number of aromatic nitrogens is 2. The van der Waals surface area contributed by atoms with Gasteiger partial charge in [-0.1, -0.05) is 50.2 Å². The monoisotopic (exact) mass is 389 g/mol. The summed E-state index contributed by atoms with van der Waals surface area (Å²) in [5, 5.41) is 3.10. The third-order valence-corrected chi connectivity index (χ3v) is 4.82. The number of amides is 1. The van der Waals surface area contributed by atoms with E-state index in [4.69, 9.17) is 9.47 Å². The van der Waals surface area contributed by atoms with Crippen molar-refractivity contribution in [3.8, 4) is 22.9 Å². The van der Waals surface area contributed by atoms with Gasteiger partial charge in [-0.25, -0.2) is 9.97 Å². The maximum absolute atomic E-state index is 12.8. The highest BCUT2D eigenvalue weighted by Gasteiger charge is 2.22. The van der Waals surface area contributed by atoms with E-state index in [9.17, 15) is 4.79 Å². The number of hydrogen-bond acceptors (Lipinski definition) is 5. The Morgan fingerprint density at radius 2 is 1.66 bits per heavy atom. The fourth-order valence-electron chi connectivity index (χ4n) is 3.29. The second-order valence-corrected chi connectivity index (χ2v) is 7.26. The lowest BCUT2D eigenvalue weighted by atomic mass is 9.95. The van der Waals surface area contributed by atoms with Gasteiger partial charge in [0.05, 0.1) is 11.6 Å². The lowest BCUT2D eigenvalue weighted by Crippen LogP contribution is -2.32. The maximum atomic E-state index is 12.8. The average Bonchev–Trinajstić information content (AvgIpc) is 2.77. The van der Waals surface area contributed by atoms with E-state index in [2.05, 4.69) is 29.1 Å². The van der Waals surface area contributed by atoms with Crippen LogP contribution in [0.1, 0.15) is 35.8 Å². The molecule has 0 fully saturated rings. The number of hydrogen-bond donors (Lipinski definition) is 1. The maximum Gasteiger partial charge on any atom is 0.254 e. The van der Waals surface area contributed by atoms with Gasteiger partial charge in [-0.3, -0.25) is 4.79 Å². The van der Waals surface area contributed by atoms with Crippen molar-refractivity contribution in [1.29, 1.82) is 0 Å². The third kappa shape index (κ3) is 4.21. The van der Waals surface area contributed by atoms with E-state index >= 15 is 0 Å². The molecule has 4 rings (SSSR count). The van der Waals surface area contributed by atoms with Gasteiger partial charge in [-0.05, 0) is 23.6 Å². The smallest absolute Gasteiger partial charge is 0.254 e. The van der Waals surface area contributed by atoms with Gasteiger partial charge in [0.15, 0.2) is 17.3 Å². The van der Waals surface area contributed by atoms with Crippen LogP contribution in [0, 0.1) is 5.92 Å². The van der Waals surface area contributed by atoms with E-state index < -0.39 is 0 Å². The van der Waals surface area contributed by atoms with Crippen LogP contribution in [-0.4, -0.2) is 29.1 Å². The predicted octanol–water partition coefficient (Wildman–Crippen LogP) is 4.04. The molecule has 1 aliphatic rings. The first-order chi connectivity index (χ1) is 14.1. The zero-order valence-electron chi connectivity index (χ0n) is 16.5. The summed E-state index contributed by atoms with van der Waals surface area (Å²) in [5.74, 6) is 2.02. The molecule has 1 amide bonds. The molecule has 1 N–H and O–H groups in total. The Bertz CT molecular complexity index is 988. The number of carbonyl (C=O) groups excluding carboxylic acids is 1. The minimum Gasteiger partial charge on any atom is -0.486 e. The molecule has 0 radical (unpaired) electrons. The minimum absolute atomic E-state index is 0.174. The highest BCUT2D eigenvalue weighted by Crippen LogP contribution is 2.34. The number of rotatable bonds is 5. The molecule has 6 heteroatoms. The van der Waals surface area contributed by atoms with Gasteiger partial charge in [-0.15, -0.1) is 0 Å². The molecule has 0 bridgehead atoms. The van der Waals surface area contributed by atoms with Crippen molar-refractivity contribution in [1.82, 2.24) is 15.3 Å². The van der Waals surface area contributed by atoms with Gasteiger partial charge in [0.1, 0.15) is 13.2 Å². The molecule has 29 heavy (non-hydrogen) atoms. The van der Waals surface area contributed by atoms with Crippen LogP contribution in [0.2, 0.25) is 0 Å². The molecule has 0 saturated carbocycles. The molecule has 6 nitrogen and oxygen atoms in total. The summed E-state index contributed by atoms with van der Waals surface area (Å²) in [6, 6.07) is 15.3. The summed E-state index contributed by atoms with van der Waals surface area (Å²) in [7, 11) is 0. The molecule has 1 aliphatic heterocycles. The molecule has 0 aliphatic carbocycles. The fraction of sp³-hybridized carbons (Fsp3) is 0.261. The van der Waals surface area contributed by atoms with E-state index in [1.54, 1.807) is 12.4 Å². The Hall–Kier alpha value is -3.41. The van der Waals surface area contributed by atoms with Gasteiger partial charge >= 0.3 is 0 Å². The Labute approximate surface area is 169 Å². The topological polar surface area (TPSA) is 73.3 Å². The summed E-state index contributed by atoms with van der Waals surface area (Å²) in [6.07, 6.45) is 3.12. The molecule has 1 unspecified atom stereocenters. The average molecular weight is 389 g/mol. The van der Waals surface area contributed by atoms with E-state index in [0.29, 0.717) is 30.4 Å². The SMILES string of the molecule is CC(C)C(NC(=O)c1cnc(-c2ccccc2)nc1)c1ccc2c(c1)OCCO2. The molecule has 148 valence electrons. The normalized spacial score (nSPS) is 13.8. The van der Waals surface area contributed by atoms with E-state index in [1.807, 2.05) is 48.5 Å². The van der Waals surface area contributed by atoms with Crippen molar-refractivity contribution in [3.63, 3.8) is 0 Å². The van der Waals surface area contributed by atoms with Crippen LogP contribution >= 0.6 is 0 Å². The highest BCUT2D eigenvalue weighted by molar-refractivity contribution is 5.94. The molecular formula is C23H23N3O3. The molecule has 2 aromatic carbocycles. The third-order valence-electron chi connectivity index (χ3n) is 4.82. The standard InChI is InChI=1S/C23H23N3O3/c1-15(2)21(17-8-9-19-20(12-17)29-11-10-28-19)26-23(27)18-13-24-22(25-14-18)16-6-4-3-5-7-16/h3-9,12-15,21H,10-11H2,1-2H3,(H,26,27). The van der Waals surface area contributed by atoms with Crippen molar-refractivity contribution in [2.45, 2.75) is 19.9 Å². The Balaban J connectivity index is 1.52. The van der Waals surface area contributed by atoms with Crippen LogP contribution in [0.3, 0.4) is 0 Å². The van der Waals surface area contributed by atoms with Crippen molar-refractivity contribution < 1.29 is 14.3 Å². The lowest BCUT2D eigenvalue weighted by Gasteiger charge is -2.25. The Kier molecular flexibility index (Phi) is 5.42. The number of ether oxygens (including phenoxy) is 2. The Morgan fingerprint density at radius 1 is 0.966 bits per heavy atom. The van der Waals surface area contributed by atoms with Crippen LogP contribution in [0.4, 0.5) is 0 Å². The van der Waals surface area contributed by atoms with Crippen LogP contribution in [0.25, 0.3) is 11.4 Å². The van der Waals surface area contributed by atoms with Crippen molar-refractivity contribution in [2.75, 3.05) is 13.2 Å². The van der Waals surface area contributed by atoms with E-state index in [1.165, 1.54) is 0 Å². The first-order valence-electron chi connectivity index (χ1n) is 9.69. The second-order valence-electron chi connectivity index (χ2n) is 7.26. The van der Waals surface area contributed by atoms with Gasteiger partial charge < -0.3 is 14.8 Å². The highest BCUT2D eigenvalue weighted by atomic mass is 16.6. The van der Waals surface area contributed by atoms with Gasteiger partial charge in [0, 0.05) is 18.0 Å². The van der Waals surface area contributed by atoms with Gasteiger partial charge in [0.25, 0.3) is 5.91 Å². The number of benzene rings is 2. The van der Waals surface area contributed by atoms with Crippen molar-refractivity contribution in [3.05, 3.63) is 72.1 Å². The predicted molar refractivity (Wildman–Crippen MR) is 110 cm³/mol. The largest absolute Gasteiger partial charge is 0.486 e. The van der Waals surface area contributed by atoms with Crippen molar-refractivity contribution >= 4 is 5.91 Å². The molecule has 2 heterocycles. The molecule has 0 spiro atoms. The number of carbonyl (C=O) groups is 1. The summed E-state index contributed by atoms with van der Waals surface area (Å²) < 4.78 is 11.3. The van der Waals surface area contributed by atoms with Crippen molar-refractivity contribution in [2.24, 2.45) is 5.92 Å². The number of nitrogens with one attached hydrogen (secondary N) is 1. The number of nitrogens with zero attached hydrogens (tertiary/aromatic N) is 2. The summed E-state index contributed by atoms with van der Waals surface area (Å²) >= 11 is 0.